The molecule has 1 aromatic carbocycles. The summed E-state index contributed by atoms with van der Waals surface area (Å²) in [6, 6.07) is 8.86. The Morgan fingerprint density at radius 3 is 2.00 bits per heavy atom. The zero-order chi connectivity index (χ0) is 17.3. The summed E-state index contributed by atoms with van der Waals surface area (Å²) in [6.45, 7) is 6.21. The number of thiophene rings is 1. The summed E-state index contributed by atoms with van der Waals surface area (Å²) < 4.78 is 0. The molecule has 2 heterocycles. The van der Waals surface area contributed by atoms with E-state index >= 15 is 0 Å². The van der Waals surface area contributed by atoms with Crippen LogP contribution in [0.2, 0.25) is 5.02 Å². The lowest BCUT2D eigenvalue weighted by Crippen LogP contribution is -2.50. The van der Waals surface area contributed by atoms with E-state index in [9.17, 15) is 9.59 Å². The van der Waals surface area contributed by atoms with Crippen LogP contribution in [0.3, 0.4) is 0 Å². The summed E-state index contributed by atoms with van der Waals surface area (Å²) in [5, 5.41) is 0.614. The van der Waals surface area contributed by atoms with E-state index < -0.39 is 0 Å². The molecular weight excluding hydrogens is 344 g/mol. The Morgan fingerprint density at radius 1 is 0.958 bits per heavy atom. The van der Waals surface area contributed by atoms with Crippen LogP contribution in [0.5, 0.6) is 0 Å². The smallest absolute Gasteiger partial charge is 0.255 e. The molecule has 0 radical (unpaired) electrons. The van der Waals surface area contributed by atoms with E-state index in [0.29, 0.717) is 36.8 Å². The molecule has 0 aliphatic carbocycles. The van der Waals surface area contributed by atoms with Gasteiger partial charge in [-0.25, -0.2) is 0 Å². The van der Waals surface area contributed by atoms with Gasteiger partial charge in [0.15, 0.2) is 0 Å². The van der Waals surface area contributed by atoms with Crippen LogP contribution in [0.15, 0.2) is 30.3 Å². The third-order valence-electron chi connectivity index (χ3n) is 4.22. The Kier molecular flexibility index (Phi) is 4.92. The van der Waals surface area contributed by atoms with Gasteiger partial charge in [0, 0.05) is 46.5 Å². The summed E-state index contributed by atoms with van der Waals surface area (Å²) in [7, 11) is 0. The molecule has 1 saturated heterocycles. The molecule has 0 spiro atoms. The molecule has 1 fully saturated rings. The lowest BCUT2D eigenvalue weighted by molar-refractivity contribution is 0.0535. The van der Waals surface area contributed by atoms with Crippen LogP contribution in [0.4, 0.5) is 0 Å². The molecule has 6 heteroatoms. The number of benzene rings is 1. The summed E-state index contributed by atoms with van der Waals surface area (Å²) in [6.07, 6.45) is 0. The Hall–Kier alpha value is -1.85. The number of rotatable bonds is 2. The second-order valence-electron chi connectivity index (χ2n) is 5.92. The summed E-state index contributed by atoms with van der Waals surface area (Å²) in [4.78, 5) is 31.0. The zero-order valence-electron chi connectivity index (χ0n) is 13.7. The second-order valence-corrected chi connectivity index (χ2v) is 7.82. The maximum Gasteiger partial charge on any atom is 0.255 e. The second kappa shape index (κ2) is 6.95. The molecule has 2 amide bonds. The third-order valence-corrected chi connectivity index (χ3v) is 5.43. The fourth-order valence-electron chi connectivity index (χ4n) is 2.90. The van der Waals surface area contributed by atoms with Gasteiger partial charge in [-0.3, -0.25) is 9.59 Å². The minimum atomic E-state index is -0.0127. The molecule has 0 unspecified atom stereocenters. The normalized spacial score (nSPS) is 14.8. The van der Waals surface area contributed by atoms with Gasteiger partial charge in [0.1, 0.15) is 0 Å². The van der Waals surface area contributed by atoms with E-state index in [0.717, 1.165) is 15.3 Å². The van der Waals surface area contributed by atoms with Crippen molar-refractivity contribution in [2.45, 2.75) is 13.8 Å². The first-order chi connectivity index (χ1) is 11.5. The van der Waals surface area contributed by atoms with E-state index in [1.165, 1.54) is 0 Å². The van der Waals surface area contributed by atoms with Crippen LogP contribution in [0.1, 0.15) is 30.5 Å². The van der Waals surface area contributed by atoms with Crippen LogP contribution >= 0.6 is 22.9 Å². The highest BCUT2D eigenvalue weighted by molar-refractivity contribution is 7.12. The summed E-state index contributed by atoms with van der Waals surface area (Å²) >= 11 is 7.50. The number of amides is 2. The predicted octanol–water partition coefficient (Wildman–Crippen LogP) is 3.62. The van der Waals surface area contributed by atoms with Crippen LogP contribution in [-0.2, 0) is 0 Å². The molecular formula is C18H19ClN2O2S. The number of hydrogen-bond donors (Lipinski definition) is 0. The van der Waals surface area contributed by atoms with Crippen molar-refractivity contribution in [1.82, 2.24) is 9.80 Å². The topological polar surface area (TPSA) is 40.6 Å². The van der Waals surface area contributed by atoms with Crippen molar-refractivity contribution in [3.05, 3.63) is 56.2 Å². The first kappa shape index (κ1) is 17.0. The SMILES string of the molecule is Cc1cc(C(=O)N2CCN(C(=O)c3ccc(Cl)cc3)CC2)c(C)s1. The van der Waals surface area contributed by atoms with Crippen molar-refractivity contribution in [2.24, 2.45) is 0 Å². The lowest BCUT2D eigenvalue weighted by Gasteiger charge is -2.34. The molecule has 4 nitrogen and oxygen atoms in total. The van der Waals surface area contributed by atoms with E-state index in [-0.39, 0.29) is 11.8 Å². The van der Waals surface area contributed by atoms with Crippen LogP contribution < -0.4 is 0 Å². The zero-order valence-corrected chi connectivity index (χ0v) is 15.3. The highest BCUT2D eigenvalue weighted by atomic mass is 35.5. The molecule has 3 rings (SSSR count). The Bertz CT molecular complexity index is 762. The number of nitrogens with zero attached hydrogens (tertiary/aromatic N) is 2. The van der Waals surface area contributed by atoms with Crippen molar-refractivity contribution in [2.75, 3.05) is 26.2 Å². The summed E-state index contributed by atoms with van der Waals surface area (Å²) in [5.41, 5.74) is 1.42. The third kappa shape index (κ3) is 3.47. The van der Waals surface area contributed by atoms with Crippen molar-refractivity contribution >= 4 is 34.8 Å². The number of carbonyl (C=O) groups excluding carboxylic acids is 2. The number of piperazine rings is 1. The monoisotopic (exact) mass is 362 g/mol. The lowest BCUT2D eigenvalue weighted by atomic mass is 10.1. The number of carbonyl (C=O) groups is 2. The van der Waals surface area contributed by atoms with Crippen LogP contribution in [0.25, 0.3) is 0 Å². The van der Waals surface area contributed by atoms with Gasteiger partial charge in [0.25, 0.3) is 11.8 Å². The highest BCUT2D eigenvalue weighted by Crippen LogP contribution is 2.23. The quantitative estimate of drug-likeness (QED) is 0.818. The van der Waals surface area contributed by atoms with Gasteiger partial charge in [-0.2, -0.15) is 0 Å². The van der Waals surface area contributed by atoms with Crippen molar-refractivity contribution in [3.8, 4) is 0 Å². The molecule has 0 atom stereocenters. The molecule has 0 bridgehead atoms. The standard InChI is InChI=1S/C18H19ClN2O2S/c1-12-11-16(13(2)24-12)18(23)21-9-7-20(8-10-21)17(22)14-3-5-15(19)6-4-14/h3-6,11H,7-10H2,1-2H3. The van der Waals surface area contributed by atoms with Gasteiger partial charge >= 0.3 is 0 Å². The first-order valence-electron chi connectivity index (χ1n) is 7.87. The minimum absolute atomic E-state index is 0.0127. The van der Waals surface area contributed by atoms with Gasteiger partial charge in [-0.05, 0) is 44.2 Å². The predicted molar refractivity (Wildman–Crippen MR) is 97.1 cm³/mol. The molecule has 0 N–H and O–H groups in total. The van der Waals surface area contributed by atoms with Crippen LogP contribution in [0, 0.1) is 13.8 Å². The molecule has 24 heavy (non-hydrogen) atoms. The number of aryl methyl sites for hydroxylation is 2. The van der Waals surface area contributed by atoms with Crippen molar-refractivity contribution < 1.29 is 9.59 Å². The van der Waals surface area contributed by atoms with E-state index in [4.69, 9.17) is 11.6 Å². The number of halogens is 1. The van der Waals surface area contributed by atoms with Gasteiger partial charge in [-0.15, -0.1) is 11.3 Å². The summed E-state index contributed by atoms with van der Waals surface area (Å²) in [5.74, 6) is 0.0526. The van der Waals surface area contributed by atoms with E-state index in [2.05, 4.69) is 0 Å². The fourth-order valence-corrected chi connectivity index (χ4v) is 3.94. The van der Waals surface area contributed by atoms with Gasteiger partial charge in [0.05, 0.1) is 5.56 Å². The molecule has 1 aliphatic rings. The molecule has 126 valence electrons. The molecule has 1 aliphatic heterocycles. The largest absolute Gasteiger partial charge is 0.335 e. The highest BCUT2D eigenvalue weighted by Gasteiger charge is 2.26. The Balaban J connectivity index is 1.63. The average molecular weight is 363 g/mol. The molecule has 2 aromatic rings. The van der Waals surface area contributed by atoms with Gasteiger partial charge in [0.2, 0.25) is 0 Å². The van der Waals surface area contributed by atoms with Gasteiger partial charge in [-0.1, -0.05) is 11.6 Å². The Labute approximate surface area is 150 Å². The molecule has 1 aromatic heterocycles. The maximum absolute atomic E-state index is 12.6. The van der Waals surface area contributed by atoms with Gasteiger partial charge < -0.3 is 9.80 Å². The van der Waals surface area contributed by atoms with Crippen LogP contribution in [-0.4, -0.2) is 47.8 Å². The first-order valence-corrected chi connectivity index (χ1v) is 9.06. The van der Waals surface area contributed by atoms with Crippen molar-refractivity contribution in [3.63, 3.8) is 0 Å². The van der Waals surface area contributed by atoms with Crippen molar-refractivity contribution in [1.29, 1.82) is 0 Å². The average Bonchev–Trinajstić information content (AvgIpc) is 2.93. The Morgan fingerprint density at radius 2 is 1.50 bits per heavy atom. The van der Waals surface area contributed by atoms with E-state index in [1.807, 2.05) is 24.8 Å². The molecule has 0 saturated carbocycles. The fraction of sp³-hybridized carbons (Fsp3) is 0.333. The minimum Gasteiger partial charge on any atom is -0.335 e. The van der Waals surface area contributed by atoms with E-state index in [1.54, 1.807) is 40.5 Å². The number of hydrogen-bond acceptors (Lipinski definition) is 3. The maximum atomic E-state index is 12.6.